The van der Waals surface area contributed by atoms with Crippen molar-refractivity contribution in [2.24, 2.45) is 5.92 Å². The van der Waals surface area contributed by atoms with Crippen LogP contribution < -0.4 is 9.47 Å². The summed E-state index contributed by atoms with van der Waals surface area (Å²) in [5, 5.41) is 0. The maximum Gasteiger partial charge on any atom is 0.161 e. The SMILES string of the molecule is CCC(C)C(=O)/C=C/C1=Cc2cc(OC)c(OC)cc2C1. The molecule has 3 heteroatoms. The van der Waals surface area contributed by atoms with Crippen LogP contribution in [0, 0.1) is 5.92 Å². The van der Waals surface area contributed by atoms with E-state index >= 15 is 0 Å². The predicted octanol–water partition coefficient (Wildman–Crippen LogP) is 3.81. The molecule has 21 heavy (non-hydrogen) atoms. The summed E-state index contributed by atoms with van der Waals surface area (Å²) in [7, 11) is 3.27. The van der Waals surface area contributed by atoms with Crippen molar-refractivity contribution >= 4 is 11.9 Å². The van der Waals surface area contributed by atoms with Gasteiger partial charge in [0.1, 0.15) is 0 Å². The summed E-state index contributed by atoms with van der Waals surface area (Å²) >= 11 is 0. The van der Waals surface area contributed by atoms with Crippen LogP contribution in [0.3, 0.4) is 0 Å². The van der Waals surface area contributed by atoms with E-state index in [9.17, 15) is 4.79 Å². The molecule has 112 valence electrons. The van der Waals surface area contributed by atoms with Crippen molar-refractivity contribution in [3.63, 3.8) is 0 Å². The summed E-state index contributed by atoms with van der Waals surface area (Å²) < 4.78 is 10.6. The quantitative estimate of drug-likeness (QED) is 0.746. The van der Waals surface area contributed by atoms with Crippen LogP contribution in [0.1, 0.15) is 31.4 Å². The third-order valence-corrected chi connectivity index (χ3v) is 3.94. The molecule has 0 aromatic heterocycles. The second-order valence-corrected chi connectivity index (χ2v) is 5.35. The summed E-state index contributed by atoms with van der Waals surface area (Å²) in [4.78, 5) is 11.9. The average molecular weight is 286 g/mol. The zero-order chi connectivity index (χ0) is 15.4. The molecule has 1 aromatic rings. The van der Waals surface area contributed by atoms with Crippen molar-refractivity contribution in [3.8, 4) is 11.5 Å². The van der Waals surface area contributed by atoms with Crippen molar-refractivity contribution in [1.82, 2.24) is 0 Å². The first-order chi connectivity index (χ1) is 10.1. The highest BCUT2D eigenvalue weighted by Crippen LogP contribution is 2.36. The molecule has 0 bridgehead atoms. The lowest BCUT2D eigenvalue weighted by atomic mass is 10.0. The van der Waals surface area contributed by atoms with Gasteiger partial charge < -0.3 is 9.47 Å². The van der Waals surface area contributed by atoms with Gasteiger partial charge in [0.15, 0.2) is 17.3 Å². The first-order valence-electron chi connectivity index (χ1n) is 7.26. The lowest BCUT2D eigenvalue weighted by Gasteiger charge is -2.09. The van der Waals surface area contributed by atoms with Crippen LogP contribution in [-0.4, -0.2) is 20.0 Å². The molecule has 1 aromatic carbocycles. The number of methoxy groups -OCH3 is 2. The van der Waals surface area contributed by atoms with Gasteiger partial charge in [0.05, 0.1) is 14.2 Å². The molecule has 0 saturated carbocycles. The number of rotatable bonds is 6. The number of hydrogen-bond acceptors (Lipinski definition) is 3. The number of fused-ring (bicyclic) bond motifs is 1. The molecule has 2 rings (SSSR count). The number of ketones is 1. The van der Waals surface area contributed by atoms with Crippen molar-refractivity contribution in [1.29, 1.82) is 0 Å². The van der Waals surface area contributed by atoms with Crippen LogP contribution in [0.25, 0.3) is 6.08 Å². The highest BCUT2D eigenvalue weighted by atomic mass is 16.5. The Bertz CT molecular complexity index is 597. The normalized spacial score (nSPS) is 14.8. The lowest BCUT2D eigenvalue weighted by molar-refractivity contribution is -0.117. The number of carbonyl (C=O) groups is 1. The van der Waals surface area contributed by atoms with Gasteiger partial charge in [0.25, 0.3) is 0 Å². The van der Waals surface area contributed by atoms with Gasteiger partial charge in [-0.25, -0.2) is 0 Å². The van der Waals surface area contributed by atoms with Gasteiger partial charge in [-0.3, -0.25) is 4.79 Å². The fraction of sp³-hybridized carbons (Fsp3) is 0.389. The molecule has 1 atom stereocenters. The average Bonchev–Trinajstić information content (AvgIpc) is 2.91. The summed E-state index contributed by atoms with van der Waals surface area (Å²) in [5.41, 5.74) is 3.46. The molecule has 0 amide bonds. The van der Waals surface area contributed by atoms with E-state index in [1.54, 1.807) is 20.3 Å². The molecular weight excluding hydrogens is 264 g/mol. The molecular formula is C18H22O3. The van der Waals surface area contributed by atoms with Gasteiger partial charge in [0.2, 0.25) is 0 Å². The molecule has 1 aliphatic rings. The Morgan fingerprint density at radius 2 is 1.95 bits per heavy atom. The highest BCUT2D eigenvalue weighted by molar-refractivity contribution is 5.92. The third kappa shape index (κ3) is 3.35. The van der Waals surface area contributed by atoms with Crippen LogP contribution in [0.5, 0.6) is 11.5 Å². The van der Waals surface area contributed by atoms with Crippen LogP contribution >= 0.6 is 0 Å². The van der Waals surface area contributed by atoms with E-state index in [1.165, 1.54) is 5.56 Å². The van der Waals surface area contributed by atoms with Gasteiger partial charge in [-0.05, 0) is 47.8 Å². The van der Waals surface area contributed by atoms with E-state index < -0.39 is 0 Å². The summed E-state index contributed by atoms with van der Waals surface area (Å²) in [5.74, 6) is 1.74. The van der Waals surface area contributed by atoms with Crippen LogP contribution in [0.2, 0.25) is 0 Å². The first-order valence-corrected chi connectivity index (χ1v) is 7.26. The van der Waals surface area contributed by atoms with E-state index in [1.807, 2.05) is 32.1 Å². The number of ether oxygens (including phenoxy) is 2. The molecule has 0 radical (unpaired) electrons. The number of hydrogen-bond donors (Lipinski definition) is 0. The second kappa shape index (κ2) is 6.61. The lowest BCUT2D eigenvalue weighted by Crippen LogP contribution is -2.05. The molecule has 1 unspecified atom stereocenters. The minimum Gasteiger partial charge on any atom is -0.493 e. The van der Waals surface area contributed by atoms with Gasteiger partial charge in [-0.1, -0.05) is 26.0 Å². The molecule has 0 fully saturated rings. The molecule has 0 heterocycles. The van der Waals surface area contributed by atoms with Crippen LogP contribution in [-0.2, 0) is 11.2 Å². The number of carbonyl (C=O) groups excluding carboxylic acids is 1. The fourth-order valence-electron chi connectivity index (χ4n) is 2.36. The maximum atomic E-state index is 11.9. The van der Waals surface area contributed by atoms with E-state index in [0.717, 1.165) is 35.5 Å². The minimum absolute atomic E-state index is 0.0887. The molecule has 1 aliphatic carbocycles. The fourth-order valence-corrected chi connectivity index (χ4v) is 2.36. The summed E-state index contributed by atoms with van der Waals surface area (Å²) in [6, 6.07) is 3.98. The molecule has 0 saturated heterocycles. The van der Waals surface area contributed by atoms with Gasteiger partial charge in [-0.2, -0.15) is 0 Å². The first kappa shape index (κ1) is 15.4. The number of allylic oxidation sites excluding steroid dienone is 3. The zero-order valence-electron chi connectivity index (χ0n) is 13.1. The van der Waals surface area contributed by atoms with E-state index in [2.05, 4.69) is 6.08 Å². The Labute approximate surface area is 126 Å². The Balaban J connectivity index is 2.17. The Hall–Kier alpha value is -2.03. The summed E-state index contributed by atoms with van der Waals surface area (Å²) in [6.45, 7) is 3.99. The van der Waals surface area contributed by atoms with E-state index in [0.29, 0.717) is 0 Å². The van der Waals surface area contributed by atoms with Gasteiger partial charge >= 0.3 is 0 Å². The molecule has 0 spiro atoms. The zero-order valence-corrected chi connectivity index (χ0v) is 13.1. The van der Waals surface area contributed by atoms with Crippen molar-refractivity contribution in [2.45, 2.75) is 26.7 Å². The van der Waals surface area contributed by atoms with Crippen LogP contribution in [0.4, 0.5) is 0 Å². The van der Waals surface area contributed by atoms with E-state index in [4.69, 9.17) is 9.47 Å². The van der Waals surface area contributed by atoms with Crippen molar-refractivity contribution < 1.29 is 14.3 Å². The largest absolute Gasteiger partial charge is 0.493 e. The standard InChI is InChI=1S/C18H22O3/c1-5-12(2)16(19)7-6-13-8-14-10-17(20-3)18(21-4)11-15(14)9-13/h6-8,10-12H,5,9H2,1-4H3/b7-6+. The highest BCUT2D eigenvalue weighted by Gasteiger charge is 2.16. The molecule has 3 nitrogen and oxygen atoms in total. The van der Waals surface area contributed by atoms with Crippen molar-refractivity contribution in [2.75, 3.05) is 14.2 Å². The topological polar surface area (TPSA) is 35.5 Å². The summed E-state index contributed by atoms with van der Waals surface area (Å²) in [6.07, 6.45) is 7.41. The van der Waals surface area contributed by atoms with E-state index in [-0.39, 0.29) is 11.7 Å². The van der Waals surface area contributed by atoms with Crippen LogP contribution in [0.15, 0.2) is 29.9 Å². The monoisotopic (exact) mass is 286 g/mol. The Morgan fingerprint density at radius 1 is 1.29 bits per heavy atom. The predicted molar refractivity (Wildman–Crippen MR) is 84.8 cm³/mol. The maximum absolute atomic E-state index is 11.9. The second-order valence-electron chi connectivity index (χ2n) is 5.35. The third-order valence-electron chi connectivity index (χ3n) is 3.94. The van der Waals surface area contributed by atoms with Gasteiger partial charge in [-0.15, -0.1) is 0 Å². The molecule has 0 N–H and O–H groups in total. The smallest absolute Gasteiger partial charge is 0.161 e. The Kier molecular flexibility index (Phi) is 4.84. The minimum atomic E-state index is 0.0887. The Morgan fingerprint density at radius 3 is 2.57 bits per heavy atom. The van der Waals surface area contributed by atoms with Gasteiger partial charge in [0, 0.05) is 5.92 Å². The van der Waals surface area contributed by atoms with Crippen molar-refractivity contribution in [3.05, 3.63) is 41.0 Å². The molecule has 0 aliphatic heterocycles. The number of benzene rings is 1.